The standard InChI is InChI=1S/C14H14N2O3S/c1-10-2-4-11(5-3-10)14(17)16-12-6-8-13(9-7-12)20(15,18)19/h2-9H,1H3,(H,16,17)(H2,15,18,19). The van der Waals surface area contributed by atoms with Gasteiger partial charge >= 0.3 is 0 Å². The Morgan fingerprint density at radius 3 is 2.05 bits per heavy atom. The Bertz CT molecular complexity index is 720. The second kappa shape index (κ2) is 5.44. The molecule has 2 rings (SSSR count). The van der Waals surface area contributed by atoms with Gasteiger partial charge in [-0.05, 0) is 43.3 Å². The van der Waals surface area contributed by atoms with Crippen LogP contribution in [0.4, 0.5) is 5.69 Å². The molecule has 0 radical (unpaired) electrons. The van der Waals surface area contributed by atoms with Crippen LogP contribution in [0.2, 0.25) is 0 Å². The van der Waals surface area contributed by atoms with E-state index in [0.29, 0.717) is 11.3 Å². The summed E-state index contributed by atoms with van der Waals surface area (Å²) in [6.45, 7) is 1.94. The number of hydrogen-bond acceptors (Lipinski definition) is 3. The quantitative estimate of drug-likeness (QED) is 0.904. The van der Waals surface area contributed by atoms with E-state index in [4.69, 9.17) is 5.14 Å². The van der Waals surface area contributed by atoms with Crippen molar-refractivity contribution in [3.63, 3.8) is 0 Å². The van der Waals surface area contributed by atoms with Crippen molar-refractivity contribution < 1.29 is 13.2 Å². The topological polar surface area (TPSA) is 89.3 Å². The van der Waals surface area contributed by atoms with E-state index in [0.717, 1.165) is 5.56 Å². The average molecular weight is 290 g/mol. The molecular formula is C14H14N2O3S. The van der Waals surface area contributed by atoms with Crippen molar-refractivity contribution in [2.75, 3.05) is 5.32 Å². The molecule has 0 unspecified atom stereocenters. The van der Waals surface area contributed by atoms with Gasteiger partial charge in [0, 0.05) is 11.3 Å². The van der Waals surface area contributed by atoms with Gasteiger partial charge in [0.25, 0.3) is 5.91 Å². The summed E-state index contributed by atoms with van der Waals surface area (Å²) in [5.41, 5.74) is 2.10. The summed E-state index contributed by atoms with van der Waals surface area (Å²) in [5, 5.41) is 7.68. The lowest BCUT2D eigenvalue weighted by molar-refractivity contribution is 0.102. The van der Waals surface area contributed by atoms with Crippen molar-refractivity contribution in [2.45, 2.75) is 11.8 Å². The number of carbonyl (C=O) groups excluding carboxylic acids is 1. The Hall–Kier alpha value is -2.18. The van der Waals surface area contributed by atoms with Crippen LogP contribution in [0.3, 0.4) is 0 Å². The second-order valence-electron chi connectivity index (χ2n) is 4.39. The lowest BCUT2D eigenvalue weighted by atomic mass is 10.1. The van der Waals surface area contributed by atoms with E-state index in [2.05, 4.69) is 5.32 Å². The zero-order valence-corrected chi connectivity index (χ0v) is 11.6. The molecule has 6 heteroatoms. The van der Waals surface area contributed by atoms with Crippen LogP contribution in [0.5, 0.6) is 0 Å². The second-order valence-corrected chi connectivity index (χ2v) is 5.95. The van der Waals surface area contributed by atoms with Crippen LogP contribution < -0.4 is 10.5 Å². The van der Waals surface area contributed by atoms with Crippen LogP contribution >= 0.6 is 0 Å². The van der Waals surface area contributed by atoms with Crippen LogP contribution in [0.25, 0.3) is 0 Å². The van der Waals surface area contributed by atoms with Crippen LogP contribution in [-0.4, -0.2) is 14.3 Å². The average Bonchev–Trinajstić information content (AvgIpc) is 2.39. The zero-order valence-electron chi connectivity index (χ0n) is 10.8. The zero-order chi connectivity index (χ0) is 14.8. The van der Waals surface area contributed by atoms with Gasteiger partial charge in [0.15, 0.2) is 0 Å². The summed E-state index contributed by atoms with van der Waals surface area (Å²) in [6.07, 6.45) is 0. The molecule has 20 heavy (non-hydrogen) atoms. The first-order valence-electron chi connectivity index (χ1n) is 5.87. The van der Waals surface area contributed by atoms with Gasteiger partial charge in [-0.25, -0.2) is 13.6 Å². The molecule has 1 amide bonds. The summed E-state index contributed by atoms with van der Waals surface area (Å²) in [7, 11) is -3.72. The van der Waals surface area contributed by atoms with E-state index < -0.39 is 10.0 Å². The number of hydrogen-bond donors (Lipinski definition) is 2. The van der Waals surface area contributed by atoms with E-state index >= 15 is 0 Å². The van der Waals surface area contributed by atoms with Crippen LogP contribution in [0.15, 0.2) is 53.4 Å². The number of sulfonamides is 1. The molecular weight excluding hydrogens is 276 g/mol. The first kappa shape index (κ1) is 14.2. The third kappa shape index (κ3) is 3.43. The predicted molar refractivity (Wildman–Crippen MR) is 76.9 cm³/mol. The highest BCUT2D eigenvalue weighted by Crippen LogP contribution is 2.14. The number of carbonyl (C=O) groups is 1. The highest BCUT2D eigenvalue weighted by Gasteiger charge is 2.09. The monoisotopic (exact) mass is 290 g/mol. The number of anilines is 1. The lowest BCUT2D eigenvalue weighted by Crippen LogP contribution is -2.13. The minimum atomic E-state index is -3.72. The van der Waals surface area contributed by atoms with Crippen LogP contribution in [0.1, 0.15) is 15.9 Å². The number of amides is 1. The number of nitrogens with two attached hydrogens (primary N) is 1. The minimum Gasteiger partial charge on any atom is -0.322 e. The van der Waals surface area contributed by atoms with E-state index in [1.54, 1.807) is 12.1 Å². The van der Waals surface area contributed by atoms with Crippen molar-refractivity contribution in [2.24, 2.45) is 5.14 Å². The summed E-state index contributed by atoms with van der Waals surface area (Å²) in [6, 6.07) is 12.8. The van der Waals surface area contributed by atoms with E-state index in [9.17, 15) is 13.2 Å². The molecule has 0 aromatic heterocycles. The van der Waals surface area contributed by atoms with Gasteiger partial charge in [-0.2, -0.15) is 0 Å². The number of nitrogens with one attached hydrogen (secondary N) is 1. The van der Waals surface area contributed by atoms with Crippen molar-refractivity contribution in [3.8, 4) is 0 Å². The molecule has 0 atom stereocenters. The molecule has 0 fully saturated rings. The number of benzene rings is 2. The number of rotatable bonds is 3. The maximum Gasteiger partial charge on any atom is 0.255 e. The molecule has 2 aromatic carbocycles. The fraction of sp³-hybridized carbons (Fsp3) is 0.0714. The first-order valence-corrected chi connectivity index (χ1v) is 7.42. The molecule has 3 N–H and O–H groups in total. The fourth-order valence-electron chi connectivity index (χ4n) is 1.64. The number of primary sulfonamides is 1. The predicted octanol–water partition coefficient (Wildman–Crippen LogP) is 1.89. The third-order valence-electron chi connectivity index (χ3n) is 2.75. The molecule has 0 aliphatic carbocycles. The Balaban J connectivity index is 2.14. The van der Waals surface area contributed by atoms with Crippen molar-refractivity contribution in [3.05, 3.63) is 59.7 Å². The molecule has 0 aliphatic rings. The van der Waals surface area contributed by atoms with E-state index in [-0.39, 0.29) is 10.8 Å². The Morgan fingerprint density at radius 1 is 1.00 bits per heavy atom. The molecule has 2 aromatic rings. The lowest BCUT2D eigenvalue weighted by Gasteiger charge is -2.06. The normalized spacial score (nSPS) is 11.1. The molecule has 0 spiro atoms. The Labute approximate surface area is 117 Å². The molecule has 0 aliphatic heterocycles. The van der Waals surface area contributed by atoms with Crippen LogP contribution in [0, 0.1) is 6.92 Å². The highest BCUT2D eigenvalue weighted by molar-refractivity contribution is 7.89. The summed E-state index contributed by atoms with van der Waals surface area (Å²) in [5.74, 6) is -0.256. The Morgan fingerprint density at radius 2 is 1.55 bits per heavy atom. The minimum absolute atomic E-state index is 0.00540. The maximum absolute atomic E-state index is 12.0. The van der Waals surface area contributed by atoms with Crippen LogP contribution in [-0.2, 0) is 10.0 Å². The largest absolute Gasteiger partial charge is 0.322 e. The molecule has 104 valence electrons. The van der Waals surface area contributed by atoms with Gasteiger partial charge in [-0.15, -0.1) is 0 Å². The van der Waals surface area contributed by atoms with E-state index in [1.807, 2.05) is 19.1 Å². The first-order chi connectivity index (χ1) is 9.36. The maximum atomic E-state index is 12.0. The Kier molecular flexibility index (Phi) is 3.87. The van der Waals surface area contributed by atoms with Crippen molar-refractivity contribution in [1.82, 2.24) is 0 Å². The van der Waals surface area contributed by atoms with E-state index in [1.165, 1.54) is 24.3 Å². The smallest absolute Gasteiger partial charge is 0.255 e. The molecule has 0 heterocycles. The van der Waals surface area contributed by atoms with Gasteiger partial charge in [-0.3, -0.25) is 4.79 Å². The summed E-state index contributed by atoms with van der Waals surface area (Å²) in [4.78, 5) is 12.0. The SMILES string of the molecule is Cc1ccc(C(=O)Nc2ccc(S(N)(=O)=O)cc2)cc1. The van der Waals surface area contributed by atoms with Crippen molar-refractivity contribution in [1.29, 1.82) is 0 Å². The van der Waals surface area contributed by atoms with Gasteiger partial charge in [-0.1, -0.05) is 17.7 Å². The molecule has 0 bridgehead atoms. The fourth-order valence-corrected chi connectivity index (χ4v) is 2.15. The van der Waals surface area contributed by atoms with Gasteiger partial charge in [0.2, 0.25) is 10.0 Å². The molecule has 0 saturated heterocycles. The molecule has 0 saturated carbocycles. The number of aryl methyl sites for hydroxylation is 1. The molecule has 5 nitrogen and oxygen atoms in total. The summed E-state index contributed by atoms with van der Waals surface area (Å²) < 4.78 is 22.2. The van der Waals surface area contributed by atoms with Crippen molar-refractivity contribution >= 4 is 21.6 Å². The van der Waals surface area contributed by atoms with Gasteiger partial charge in [0.1, 0.15) is 0 Å². The highest BCUT2D eigenvalue weighted by atomic mass is 32.2. The summed E-state index contributed by atoms with van der Waals surface area (Å²) >= 11 is 0. The third-order valence-corrected chi connectivity index (χ3v) is 3.68. The van der Waals surface area contributed by atoms with Gasteiger partial charge < -0.3 is 5.32 Å². The van der Waals surface area contributed by atoms with Gasteiger partial charge in [0.05, 0.1) is 4.90 Å².